The van der Waals surface area contributed by atoms with E-state index in [4.69, 9.17) is 10.5 Å². The molecule has 5 nitrogen and oxygen atoms in total. The van der Waals surface area contributed by atoms with Crippen molar-refractivity contribution in [1.82, 2.24) is 5.32 Å². The van der Waals surface area contributed by atoms with E-state index >= 15 is 0 Å². The van der Waals surface area contributed by atoms with Crippen LogP contribution in [0.15, 0.2) is 18.2 Å². The van der Waals surface area contributed by atoms with Gasteiger partial charge in [0.15, 0.2) is 0 Å². The maximum Gasteiger partial charge on any atom is 0.251 e. The number of benzene rings is 1. The zero-order chi connectivity index (χ0) is 15.2. The fourth-order valence-corrected chi connectivity index (χ4v) is 1.88. The van der Waals surface area contributed by atoms with Gasteiger partial charge in [-0.15, -0.1) is 0 Å². The summed E-state index contributed by atoms with van der Waals surface area (Å²) in [5, 5.41) is 6.00. The molecule has 0 aliphatic rings. The molecule has 112 valence electrons. The molecule has 1 aromatic carbocycles. The maximum absolute atomic E-state index is 11.7. The van der Waals surface area contributed by atoms with Crippen molar-refractivity contribution < 1.29 is 9.53 Å². The largest absolute Gasteiger partial charge is 0.397 e. The van der Waals surface area contributed by atoms with Gasteiger partial charge in [0.25, 0.3) is 5.91 Å². The Balaban J connectivity index is 2.71. The molecule has 0 aliphatic carbocycles. The van der Waals surface area contributed by atoms with Crippen molar-refractivity contribution in [2.75, 3.05) is 30.7 Å². The Morgan fingerprint density at radius 1 is 1.35 bits per heavy atom. The minimum absolute atomic E-state index is 0.111. The number of hydrogen-bond donors (Lipinski definition) is 3. The quantitative estimate of drug-likeness (QED) is 0.669. The Labute approximate surface area is 120 Å². The Morgan fingerprint density at radius 3 is 2.60 bits per heavy atom. The van der Waals surface area contributed by atoms with Gasteiger partial charge in [-0.2, -0.15) is 0 Å². The van der Waals surface area contributed by atoms with Crippen molar-refractivity contribution in [1.29, 1.82) is 0 Å². The number of carbonyl (C=O) groups excluding carboxylic acids is 1. The third-order valence-electron chi connectivity index (χ3n) is 2.89. The molecule has 0 unspecified atom stereocenters. The topological polar surface area (TPSA) is 76.4 Å². The zero-order valence-corrected chi connectivity index (χ0v) is 12.7. The van der Waals surface area contributed by atoms with Crippen molar-refractivity contribution in [3.63, 3.8) is 0 Å². The number of hydrogen-bond acceptors (Lipinski definition) is 4. The molecule has 4 N–H and O–H groups in total. The summed E-state index contributed by atoms with van der Waals surface area (Å²) in [6.45, 7) is 9.79. The smallest absolute Gasteiger partial charge is 0.251 e. The summed E-state index contributed by atoms with van der Waals surface area (Å²) in [5.41, 5.74) is 7.65. The highest BCUT2D eigenvalue weighted by Gasteiger charge is 2.17. The molecule has 5 heteroatoms. The third kappa shape index (κ3) is 4.74. The van der Waals surface area contributed by atoms with Crippen LogP contribution in [-0.2, 0) is 4.74 Å². The molecule has 1 aromatic rings. The summed E-state index contributed by atoms with van der Waals surface area (Å²) in [6.07, 6.45) is 0. The number of carbonyl (C=O) groups is 1. The summed E-state index contributed by atoms with van der Waals surface area (Å²) < 4.78 is 5.62. The van der Waals surface area contributed by atoms with Crippen molar-refractivity contribution in [2.45, 2.75) is 33.3 Å². The van der Waals surface area contributed by atoms with Gasteiger partial charge in [0.2, 0.25) is 0 Å². The second-order valence-corrected chi connectivity index (χ2v) is 5.21. The molecule has 1 amide bonds. The van der Waals surface area contributed by atoms with Crippen LogP contribution < -0.4 is 16.4 Å². The van der Waals surface area contributed by atoms with Crippen molar-refractivity contribution in [2.24, 2.45) is 0 Å². The lowest BCUT2D eigenvalue weighted by Gasteiger charge is -2.26. The van der Waals surface area contributed by atoms with Crippen LogP contribution in [0.4, 0.5) is 11.4 Å². The molecule has 0 saturated carbocycles. The van der Waals surface area contributed by atoms with Gasteiger partial charge in [-0.05, 0) is 45.9 Å². The van der Waals surface area contributed by atoms with Gasteiger partial charge in [0, 0.05) is 25.3 Å². The van der Waals surface area contributed by atoms with Crippen LogP contribution in [0, 0.1) is 0 Å². The van der Waals surface area contributed by atoms with Crippen LogP contribution in [0.5, 0.6) is 0 Å². The van der Waals surface area contributed by atoms with Crippen molar-refractivity contribution in [3.05, 3.63) is 23.8 Å². The third-order valence-corrected chi connectivity index (χ3v) is 2.89. The minimum atomic E-state index is -0.264. The first-order valence-electron chi connectivity index (χ1n) is 6.95. The van der Waals surface area contributed by atoms with Gasteiger partial charge in [0.1, 0.15) is 0 Å². The summed E-state index contributed by atoms with van der Waals surface area (Å²) in [7, 11) is 0. The normalized spacial score (nSPS) is 11.2. The van der Waals surface area contributed by atoms with Crippen LogP contribution in [-0.4, -0.2) is 31.2 Å². The average Bonchev–Trinajstić information content (AvgIpc) is 2.37. The standard InChI is InChI=1S/C15H25N3O2/c1-5-17-14(19)11-7-8-13(12(16)9-11)18-10-15(3,4)20-6-2/h7-9,18H,5-6,10,16H2,1-4H3,(H,17,19). The molecule has 0 heterocycles. The van der Waals surface area contributed by atoms with Crippen molar-refractivity contribution in [3.8, 4) is 0 Å². The van der Waals surface area contributed by atoms with E-state index in [1.165, 1.54) is 0 Å². The SMILES string of the molecule is CCNC(=O)c1ccc(NCC(C)(C)OCC)c(N)c1. The Bertz CT molecular complexity index is 458. The number of rotatable bonds is 7. The predicted octanol–water partition coefficient (Wildman–Crippen LogP) is 2.25. The summed E-state index contributed by atoms with van der Waals surface area (Å²) in [6, 6.07) is 5.26. The van der Waals surface area contributed by atoms with Gasteiger partial charge in [-0.25, -0.2) is 0 Å². The van der Waals surface area contributed by atoms with E-state index in [1.807, 2.05) is 33.8 Å². The lowest BCUT2D eigenvalue weighted by atomic mass is 10.1. The fourth-order valence-electron chi connectivity index (χ4n) is 1.88. The van der Waals surface area contributed by atoms with E-state index in [0.717, 1.165) is 5.69 Å². The van der Waals surface area contributed by atoms with Crippen LogP contribution in [0.2, 0.25) is 0 Å². The van der Waals surface area contributed by atoms with E-state index in [2.05, 4.69) is 10.6 Å². The maximum atomic E-state index is 11.7. The molecule has 0 atom stereocenters. The van der Waals surface area contributed by atoms with Gasteiger partial charge in [-0.3, -0.25) is 4.79 Å². The molecule has 0 spiro atoms. The van der Waals surface area contributed by atoms with E-state index < -0.39 is 0 Å². The van der Waals surface area contributed by atoms with Crippen LogP contribution in [0.1, 0.15) is 38.1 Å². The second kappa shape index (κ2) is 7.14. The Hall–Kier alpha value is -1.75. The number of amides is 1. The molecule has 0 aliphatic heterocycles. The first-order chi connectivity index (χ1) is 9.39. The molecule has 0 aromatic heterocycles. The van der Waals surface area contributed by atoms with E-state index in [0.29, 0.717) is 30.9 Å². The molecular formula is C15H25N3O2. The lowest BCUT2D eigenvalue weighted by Crippen LogP contribution is -2.33. The number of nitrogens with two attached hydrogens (primary N) is 1. The monoisotopic (exact) mass is 279 g/mol. The number of ether oxygens (including phenoxy) is 1. The average molecular weight is 279 g/mol. The molecular weight excluding hydrogens is 254 g/mol. The van der Waals surface area contributed by atoms with Crippen LogP contribution >= 0.6 is 0 Å². The number of nitrogens with one attached hydrogen (secondary N) is 2. The zero-order valence-electron chi connectivity index (χ0n) is 12.7. The molecule has 0 saturated heterocycles. The van der Waals surface area contributed by atoms with E-state index in [9.17, 15) is 4.79 Å². The van der Waals surface area contributed by atoms with Gasteiger partial charge >= 0.3 is 0 Å². The van der Waals surface area contributed by atoms with Gasteiger partial charge in [-0.1, -0.05) is 0 Å². The lowest BCUT2D eigenvalue weighted by molar-refractivity contribution is 0.000706. The minimum Gasteiger partial charge on any atom is -0.397 e. The van der Waals surface area contributed by atoms with Gasteiger partial charge in [0.05, 0.1) is 17.0 Å². The van der Waals surface area contributed by atoms with Crippen LogP contribution in [0.3, 0.4) is 0 Å². The summed E-state index contributed by atoms with van der Waals surface area (Å²) >= 11 is 0. The van der Waals surface area contributed by atoms with Gasteiger partial charge < -0.3 is 21.1 Å². The first-order valence-corrected chi connectivity index (χ1v) is 6.95. The number of nitrogen functional groups attached to an aromatic ring is 1. The summed E-state index contributed by atoms with van der Waals surface area (Å²) in [4.78, 5) is 11.7. The Morgan fingerprint density at radius 2 is 2.05 bits per heavy atom. The second-order valence-electron chi connectivity index (χ2n) is 5.21. The predicted molar refractivity (Wildman–Crippen MR) is 83.1 cm³/mol. The molecule has 0 fully saturated rings. The highest BCUT2D eigenvalue weighted by molar-refractivity contribution is 5.96. The molecule has 0 radical (unpaired) electrons. The number of anilines is 2. The molecule has 0 bridgehead atoms. The molecule has 1 rings (SSSR count). The Kier molecular flexibility index (Phi) is 5.82. The van der Waals surface area contributed by atoms with E-state index in [1.54, 1.807) is 12.1 Å². The highest BCUT2D eigenvalue weighted by atomic mass is 16.5. The highest BCUT2D eigenvalue weighted by Crippen LogP contribution is 2.21. The summed E-state index contributed by atoms with van der Waals surface area (Å²) in [5.74, 6) is -0.111. The van der Waals surface area contributed by atoms with Crippen molar-refractivity contribution >= 4 is 17.3 Å². The molecule has 20 heavy (non-hydrogen) atoms. The first kappa shape index (κ1) is 16.3. The van der Waals surface area contributed by atoms with E-state index in [-0.39, 0.29) is 11.5 Å². The van der Waals surface area contributed by atoms with Crippen LogP contribution in [0.25, 0.3) is 0 Å². The fraction of sp³-hybridized carbons (Fsp3) is 0.533.